The highest BCUT2D eigenvalue weighted by Crippen LogP contribution is 2.34. The first kappa shape index (κ1) is 24.9. The fraction of sp³-hybridized carbons (Fsp3) is 0.0645. The Morgan fingerprint density at radius 3 is 2.56 bits per heavy atom. The van der Waals surface area contributed by atoms with E-state index in [4.69, 9.17) is 18.9 Å². The molecule has 0 saturated carbocycles. The highest BCUT2D eigenvalue weighted by molar-refractivity contribution is 14.1. The average Bonchev–Trinajstić information content (AvgIpc) is 3.40. The van der Waals surface area contributed by atoms with E-state index >= 15 is 0 Å². The Morgan fingerprint density at radius 2 is 1.74 bits per heavy atom. The molecule has 0 N–H and O–H groups in total. The van der Waals surface area contributed by atoms with Gasteiger partial charge in [0.2, 0.25) is 5.82 Å². The minimum atomic E-state index is -0.295. The minimum absolute atomic E-state index is 0.295. The number of hydrogen-bond donors (Lipinski definition) is 0. The van der Waals surface area contributed by atoms with E-state index in [0.717, 1.165) is 20.1 Å². The average molecular weight is 627 g/mol. The molecule has 0 bridgehead atoms. The Bertz CT molecular complexity index is 1860. The molecule has 8 heteroatoms. The van der Waals surface area contributed by atoms with Gasteiger partial charge in [0.25, 0.3) is 5.56 Å². The summed E-state index contributed by atoms with van der Waals surface area (Å²) in [6.07, 6.45) is 1.61. The van der Waals surface area contributed by atoms with Crippen molar-refractivity contribution in [3.05, 3.63) is 122 Å². The summed E-state index contributed by atoms with van der Waals surface area (Å²) in [6.45, 7) is 0.416. The van der Waals surface area contributed by atoms with E-state index in [-0.39, 0.29) is 5.56 Å². The molecule has 0 aliphatic rings. The van der Waals surface area contributed by atoms with Crippen molar-refractivity contribution in [3.63, 3.8) is 0 Å². The summed E-state index contributed by atoms with van der Waals surface area (Å²) in [5.41, 5.74) is 2.77. The number of ether oxygens (including phenoxy) is 2. The Morgan fingerprint density at radius 1 is 0.974 bits per heavy atom. The van der Waals surface area contributed by atoms with Crippen molar-refractivity contribution in [2.75, 3.05) is 7.11 Å². The summed E-state index contributed by atoms with van der Waals surface area (Å²) in [5, 5.41) is 5.95. The zero-order valence-corrected chi connectivity index (χ0v) is 23.0. The normalized spacial score (nSPS) is 11.4. The van der Waals surface area contributed by atoms with Gasteiger partial charge >= 0.3 is 0 Å². The Balaban J connectivity index is 1.40. The molecule has 0 saturated heterocycles. The van der Waals surface area contributed by atoms with Crippen LogP contribution in [0.5, 0.6) is 11.5 Å². The zero-order chi connectivity index (χ0) is 26.8. The van der Waals surface area contributed by atoms with E-state index in [9.17, 15) is 4.79 Å². The zero-order valence-electron chi connectivity index (χ0n) is 20.9. The van der Waals surface area contributed by atoms with Gasteiger partial charge in [-0.05, 0) is 70.1 Å². The summed E-state index contributed by atoms with van der Waals surface area (Å²) >= 11 is 2.21. The fourth-order valence-corrected chi connectivity index (χ4v) is 5.07. The molecule has 0 unspecified atom stereocenters. The number of hydrogen-bond acceptors (Lipinski definition) is 6. The van der Waals surface area contributed by atoms with Crippen LogP contribution in [0.15, 0.2) is 111 Å². The van der Waals surface area contributed by atoms with Crippen molar-refractivity contribution >= 4 is 50.7 Å². The molecule has 0 spiro atoms. The van der Waals surface area contributed by atoms with Gasteiger partial charge in [-0.15, -0.1) is 0 Å². The molecule has 2 heterocycles. The number of nitrogens with zero attached hydrogens (tertiary/aromatic N) is 3. The van der Waals surface area contributed by atoms with Crippen LogP contribution in [0.2, 0.25) is 0 Å². The lowest BCUT2D eigenvalue weighted by Crippen LogP contribution is -2.20. The first-order chi connectivity index (χ1) is 19.1. The second-order valence-electron chi connectivity index (χ2n) is 8.77. The third-order valence-corrected chi connectivity index (χ3v) is 7.00. The summed E-state index contributed by atoms with van der Waals surface area (Å²) in [7, 11) is 1.60. The topological polar surface area (TPSA) is 78.9 Å². The summed E-state index contributed by atoms with van der Waals surface area (Å²) in [5.74, 6) is 1.98. The fourth-order valence-electron chi connectivity index (χ4n) is 4.29. The van der Waals surface area contributed by atoms with Crippen molar-refractivity contribution in [1.29, 1.82) is 0 Å². The largest absolute Gasteiger partial charge is 0.493 e. The predicted octanol–water partition coefficient (Wildman–Crippen LogP) is 6.88. The number of fused-ring (bicyclic) bond motifs is 2. The van der Waals surface area contributed by atoms with E-state index in [0.29, 0.717) is 46.2 Å². The lowest BCUT2D eigenvalue weighted by Gasteiger charge is -2.13. The molecule has 7 nitrogen and oxygen atoms in total. The molecule has 0 aliphatic heterocycles. The van der Waals surface area contributed by atoms with Gasteiger partial charge in [0.15, 0.2) is 17.3 Å². The Kier molecular flexibility index (Phi) is 6.85. The molecule has 6 rings (SSSR count). The van der Waals surface area contributed by atoms with Crippen LogP contribution >= 0.6 is 22.6 Å². The van der Waals surface area contributed by atoms with Gasteiger partial charge in [-0.25, -0.2) is 4.98 Å². The number of furan rings is 1. The molecule has 0 fully saturated rings. The van der Waals surface area contributed by atoms with Crippen LogP contribution in [-0.4, -0.2) is 23.0 Å². The van der Waals surface area contributed by atoms with Crippen LogP contribution in [0.4, 0.5) is 0 Å². The van der Waals surface area contributed by atoms with Crippen LogP contribution < -0.4 is 15.0 Å². The van der Waals surface area contributed by atoms with Crippen LogP contribution in [0.3, 0.4) is 0 Å². The number of aromatic nitrogens is 2. The van der Waals surface area contributed by atoms with Gasteiger partial charge in [-0.2, -0.15) is 9.78 Å². The van der Waals surface area contributed by atoms with Crippen LogP contribution in [0, 0.1) is 3.57 Å². The molecular weight excluding hydrogens is 605 g/mol. The second-order valence-corrected chi connectivity index (χ2v) is 9.93. The van der Waals surface area contributed by atoms with Crippen molar-refractivity contribution < 1.29 is 13.9 Å². The second kappa shape index (κ2) is 10.7. The van der Waals surface area contributed by atoms with Crippen molar-refractivity contribution in [2.45, 2.75) is 6.61 Å². The monoisotopic (exact) mass is 627 g/mol. The van der Waals surface area contributed by atoms with Crippen molar-refractivity contribution in [2.24, 2.45) is 5.10 Å². The smallest absolute Gasteiger partial charge is 0.282 e. The van der Waals surface area contributed by atoms with Crippen LogP contribution in [0.25, 0.3) is 33.5 Å². The molecule has 192 valence electrons. The molecule has 4 aromatic carbocycles. The molecule has 2 aromatic heterocycles. The van der Waals surface area contributed by atoms with Crippen LogP contribution in [-0.2, 0) is 6.61 Å². The van der Waals surface area contributed by atoms with Gasteiger partial charge in [-0.3, -0.25) is 4.79 Å². The number of benzene rings is 4. The summed E-state index contributed by atoms with van der Waals surface area (Å²) in [4.78, 5) is 18.3. The third-order valence-electron chi connectivity index (χ3n) is 6.20. The van der Waals surface area contributed by atoms with E-state index < -0.39 is 0 Å². The minimum Gasteiger partial charge on any atom is -0.493 e. The SMILES string of the molecule is COc1cc(C=Nn2c(-c3cc4ccccc4o3)nc3ccccc3c2=O)cc(I)c1OCc1ccccc1. The maximum atomic E-state index is 13.5. The number of para-hydroxylation sites is 2. The Hall–Kier alpha value is -4.44. The van der Waals surface area contributed by atoms with E-state index in [1.807, 2.05) is 84.9 Å². The number of rotatable bonds is 7. The van der Waals surface area contributed by atoms with Crippen molar-refractivity contribution in [1.82, 2.24) is 9.66 Å². The molecule has 6 aromatic rings. The molecule has 0 radical (unpaired) electrons. The number of methoxy groups -OCH3 is 1. The van der Waals surface area contributed by atoms with Gasteiger partial charge in [0.1, 0.15) is 12.2 Å². The predicted molar refractivity (Wildman–Crippen MR) is 161 cm³/mol. The number of halogens is 1. The summed E-state index contributed by atoms with van der Waals surface area (Å²) in [6, 6.07) is 30.4. The first-order valence-electron chi connectivity index (χ1n) is 12.2. The molecule has 0 aliphatic carbocycles. The van der Waals surface area contributed by atoms with Crippen LogP contribution in [0.1, 0.15) is 11.1 Å². The molecular formula is C31H22IN3O4. The third kappa shape index (κ3) is 5.03. The highest BCUT2D eigenvalue weighted by Gasteiger charge is 2.17. The summed E-state index contributed by atoms with van der Waals surface area (Å²) < 4.78 is 19.9. The molecule has 0 atom stereocenters. The van der Waals surface area contributed by atoms with Crippen molar-refractivity contribution in [3.8, 4) is 23.1 Å². The lowest BCUT2D eigenvalue weighted by atomic mass is 10.2. The van der Waals surface area contributed by atoms with Gasteiger partial charge < -0.3 is 13.9 Å². The first-order valence-corrected chi connectivity index (χ1v) is 13.3. The van der Waals surface area contributed by atoms with Gasteiger partial charge in [0, 0.05) is 5.39 Å². The highest BCUT2D eigenvalue weighted by atomic mass is 127. The maximum absolute atomic E-state index is 13.5. The lowest BCUT2D eigenvalue weighted by molar-refractivity contribution is 0.282. The maximum Gasteiger partial charge on any atom is 0.282 e. The van der Waals surface area contributed by atoms with Gasteiger partial charge in [0.05, 0.1) is 27.8 Å². The molecule has 39 heavy (non-hydrogen) atoms. The van der Waals surface area contributed by atoms with E-state index in [1.165, 1.54) is 4.68 Å². The van der Waals surface area contributed by atoms with E-state index in [1.54, 1.807) is 25.5 Å². The quantitative estimate of drug-likeness (QED) is 0.142. The molecule has 0 amide bonds. The Labute approximate surface area is 237 Å². The van der Waals surface area contributed by atoms with Gasteiger partial charge in [-0.1, -0.05) is 60.7 Å². The standard InChI is InChI=1S/C31H22IN3O4/c1-37-27-16-21(15-24(32)29(27)38-19-20-9-3-2-4-10-20)18-33-35-30(28-17-22-11-5-8-14-26(22)39-28)34-25-13-7-6-12-23(25)31(35)36/h2-18H,19H2,1H3. The van der Waals surface area contributed by atoms with E-state index in [2.05, 4.69) is 27.7 Å².